The van der Waals surface area contributed by atoms with E-state index in [1.807, 2.05) is 19.9 Å². The van der Waals surface area contributed by atoms with E-state index in [0.29, 0.717) is 5.25 Å². The van der Waals surface area contributed by atoms with E-state index >= 15 is 0 Å². The van der Waals surface area contributed by atoms with Gasteiger partial charge in [0.15, 0.2) is 4.34 Å². The topological polar surface area (TPSA) is 25.8 Å². The fourth-order valence-corrected chi connectivity index (χ4v) is 3.04. The van der Waals surface area contributed by atoms with E-state index in [9.17, 15) is 0 Å². The maximum absolute atomic E-state index is 4.11. The molecule has 0 saturated carbocycles. The van der Waals surface area contributed by atoms with Crippen LogP contribution >= 0.6 is 23.1 Å². The molecule has 4 heteroatoms. The average Bonchev–Trinajstić information content (AvgIpc) is 2.63. The summed E-state index contributed by atoms with van der Waals surface area (Å²) in [4.78, 5) is 0. The predicted octanol–water partition coefficient (Wildman–Crippen LogP) is 3.85. The number of hydrogen-bond acceptors (Lipinski definition) is 4. The van der Waals surface area contributed by atoms with Crippen molar-refractivity contribution in [3.8, 4) is 0 Å². The lowest BCUT2D eigenvalue weighted by Crippen LogP contribution is -1.94. The molecule has 1 aromatic rings. The molecule has 0 fully saturated rings. The molecule has 0 N–H and O–H groups in total. The average molecular weight is 240 g/mol. The molecule has 0 bridgehead atoms. The molecular formula is C11H16N2S2. The number of aryl methyl sites for hydroxylation is 1. The third-order valence-electron chi connectivity index (χ3n) is 1.79. The molecule has 0 aliphatic rings. The van der Waals surface area contributed by atoms with Crippen LogP contribution in [0.25, 0.3) is 0 Å². The molecule has 0 radical (unpaired) electrons. The third kappa shape index (κ3) is 4.62. The Morgan fingerprint density at radius 3 is 2.73 bits per heavy atom. The van der Waals surface area contributed by atoms with E-state index in [1.165, 1.54) is 0 Å². The summed E-state index contributed by atoms with van der Waals surface area (Å²) in [5.41, 5.74) is 0. The predicted molar refractivity (Wildman–Crippen MR) is 68.5 cm³/mol. The van der Waals surface area contributed by atoms with Crippen molar-refractivity contribution in [2.45, 2.75) is 36.8 Å². The van der Waals surface area contributed by atoms with Crippen LogP contribution in [0, 0.1) is 6.92 Å². The highest BCUT2D eigenvalue weighted by Crippen LogP contribution is 2.28. The van der Waals surface area contributed by atoms with Crippen molar-refractivity contribution >= 4 is 23.1 Å². The van der Waals surface area contributed by atoms with Crippen LogP contribution in [0.15, 0.2) is 28.6 Å². The first kappa shape index (κ1) is 12.5. The molecule has 82 valence electrons. The van der Waals surface area contributed by atoms with E-state index in [-0.39, 0.29) is 0 Å². The minimum Gasteiger partial charge on any atom is -0.143 e. The van der Waals surface area contributed by atoms with E-state index in [1.54, 1.807) is 23.1 Å². The Labute approximate surface area is 99.5 Å². The first-order valence-corrected chi connectivity index (χ1v) is 6.72. The molecule has 1 rings (SSSR count). The van der Waals surface area contributed by atoms with E-state index in [2.05, 4.69) is 35.3 Å². The van der Waals surface area contributed by atoms with Crippen LogP contribution < -0.4 is 0 Å². The fourth-order valence-electron chi connectivity index (χ4n) is 1.01. The van der Waals surface area contributed by atoms with Gasteiger partial charge in [-0.3, -0.25) is 0 Å². The summed E-state index contributed by atoms with van der Waals surface area (Å²) in [6.45, 7) is 6.19. The Morgan fingerprint density at radius 1 is 1.40 bits per heavy atom. The fraction of sp³-hybridized carbons (Fsp3) is 0.455. The Morgan fingerprint density at radius 2 is 2.20 bits per heavy atom. The maximum Gasteiger partial charge on any atom is 0.174 e. The van der Waals surface area contributed by atoms with Gasteiger partial charge in [0.2, 0.25) is 0 Å². The molecule has 1 unspecified atom stereocenters. The Balaban J connectivity index is 2.53. The summed E-state index contributed by atoms with van der Waals surface area (Å²) in [5, 5.41) is 9.65. The lowest BCUT2D eigenvalue weighted by Gasteiger charge is -2.05. The second-order valence-corrected chi connectivity index (χ2v) is 5.73. The molecule has 0 spiro atoms. The quantitative estimate of drug-likeness (QED) is 0.577. The summed E-state index contributed by atoms with van der Waals surface area (Å²) in [7, 11) is 0. The van der Waals surface area contributed by atoms with Gasteiger partial charge in [-0.1, -0.05) is 54.3 Å². The number of rotatable bonds is 5. The molecule has 1 heterocycles. The number of aromatic nitrogens is 2. The van der Waals surface area contributed by atoms with Crippen LogP contribution in [0.4, 0.5) is 0 Å². The number of hydrogen-bond donors (Lipinski definition) is 0. The minimum absolute atomic E-state index is 0.494. The molecule has 1 atom stereocenters. The number of nitrogens with zero attached hydrogens (tertiary/aromatic N) is 2. The van der Waals surface area contributed by atoms with Gasteiger partial charge < -0.3 is 0 Å². The zero-order valence-corrected chi connectivity index (χ0v) is 10.9. The van der Waals surface area contributed by atoms with Crippen molar-refractivity contribution in [3.63, 3.8) is 0 Å². The SMILES string of the molecule is C/C=C/C=C/C(CC)Sc1nnc(C)s1. The highest BCUT2D eigenvalue weighted by Gasteiger charge is 2.07. The zero-order chi connectivity index (χ0) is 11.1. The summed E-state index contributed by atoms with van der Waals surface area (Å²) in [6.07, 6.45) is 9.49. The molecule has 0 aromatic carbocycles. The van der Waals surface area contributed by atoms with Gasteiger partial charge in [0.05, 0.1) is 0 Å². The lowest BCUT2D eigenvalue weighted by atomic mass is 10.3. The summed E-state index contributed by atoms with van der Waals surface area (Å²) < 4.78 is 1.06. The smallest absolute Gasteiger partial charge is 0.143 e. The van der Waals surface area contributed by atoms with Gasteiger partial charge in [0.1, 0.15) is 5.01 Å². The Hall–Kier alpha value is -0.610. The zero-order valence-electron chi connectivity index (χ0n) is 9.30. The van der Waals surface area contributed by atoms with Gasteiger partial charge in [-0.2, -0.15) is 0 Å². The van der Waals surface area contributed by atoms with Crippen LogP contribution in [0.3, 0.4) is 0 Å². The molecule has 1 aromatic heterocycles. The van der Waals surface area contributed by atoms with Crippen molar-refractivity contribution in [2.75, 3.05) is 0 Å². The van der Waals surface area contributed by atoms with E-state index < -0.39 is 0 Å². The van der Waals surface area contributed by atoms with Gasteiger partial charge in [0, 0.05) is 5.25 Å². The van der Waals surface area contributed by atoms with Crippen LogP contribution in [-0.4, -0.2) is 15.4 Å². The summed E-state index contributed by atoms with van der Waals surface area (Å²) in [6, 6.07) is 0. The molecule has 0 aliphatic heterocycles. The standard InChI is InChI=1S/C11H16N2S2/c1-4-6-7-8-10(5-2)15-11-13-12-9(3)14-11/h4,6-8,10H,5H2,1-3H3/b6-4+,8-7+. The highest BCUT2D eigenvalue weighted by atomic mass is 32.2. The van der Waals surface area contributed by atoms with Crippen LogP contribution in [0.5, 0.6) is 0 Å². The third-order valence-corrected chi connectivity index (χ3v) is 4.04. The van der Waals surface area contributed by atoms with Gasteiger partial charge in [-0.05, 0) is 20.3 Å². The molecule has 0 aliphatic carbocycles. The largest absolute Gasteiger partial charge is 0.174 e. The summed E-state index contributed by atoms with van der Waals surface area (Å²) >= 11 is 3.44. The second-order valence-electron chi connectivity index (χ2n) is 3.06. The van der Waals surface area contributed by atoms with Gasteiger partial charge in [0.25, 0.3) is 0 Å². The highest BCUT2D eigenvalue weighted by molar-refractivity contribution is 8.01. The molecule has 15 heavy (non-hydrogen) atoms. The van der Waals surface area contributed by atoms with Crippen molar-refractivity contribution in [1.29, 1.82) is 0 Å². The van der Waals surface area contributed by atoms with E-state index in [4.69, 9.17) is 0 Å². The second kappa shape index (κ2) is 6.80. The van der Waals surface area contributed by atoms with Crippen LogP contribution in [0.1, 0.15) is 25.3 Å². The van der Waals surface area contributed by atoms with Gasteiger partial charge in [-0.25, -0.2) is 0 Å². The van der Waals surface area contributed by atoms with Crippen molar-refractivity contribution < 1.29 is 0 Å². The Kier molecular flexibility index (Phi) is 5.65. The van der Waals surface area contributed by atoms with Gasteiger partial charge in [-0.15, -0.1) is 10.2 Å². The first-order chi connectivity index (χ1) is 7.26. The molecule has 2 nitrogen and oxygen atoms in total. The summed E-state index contributed by atoms with van der Waals surface area (Å²) in [5.74, 6) is 0. The first-order valence-electron chi connectivity index (χ1n) is 5.02. The molecule has 0 saturated heterocycles. The van der Waals surface area contributed by atoms with E-state index in [0.717, 1.165) is 15.8 Å². The normalized spacial score (nSPS) is 14.1. The minimum atomic E-state index is 0.494. The van der Waals surface area contributed by atoms with Crippen molar-refractivity contribution in [2.24, 2.45) is 0 Å². The van der Waals surface area contributed by atoms with Crippen molar-refractivity contribution in [1.82, 2.24) is 10.2 Å². The monoisotopic (exact) mass is 240 g/mol. The van der Waals surface area contributed by atoms with Crippen molar-refractivity contribution in [3.05, 3.63) is 29.3 Å². The van der Waals surface area contributed by atoms with Crippen LogP contribution in [0.2, 0.25) is 0 Å². The lowest BCUT2D eigenvalue weighted by molar-refractivity contribution is 0.953. The number of thioether (sulfide) groups is 1. The number of allylic oxidation sites excluding steroid dienone is 3. The van der Waals surface area contributed by atoms with Gasteiger partial charge >= 0.3 is 0 Å². The van der Waals surface area contributed by atoms with Crippen LogP contribution in [-0.2, 0) is 0 Å². The maximum atomic E-state index is 4.11. The Bertz CT molecular complexity index is 342. The molecule has 0 amide bonds. The molecular weight excluding hydrogens is 224 g/mol.